The van der Waals surface area contributed by atoms with E-state index in [2.05, 4.69) is 10.3 Å². The van der Waals surface area contributed by atoms with Crippen LogP contribution in [-0.4, -0.2) is 15.0 Å². The molecular formula is C26H19FN4. The minimum absolute atomic E-state index is 0.245. The number of fused-ring (bicyclic) bond motifs is 1. The molecule has 2 heterocycles. The summed E-state index contributed by atoms with van der Waals surface area (Å²) in [6.45, 7) is 0.542. The van der Waals surface area contributed by atoms with E-state index in [0.717, 1.165) is 33.6 Å². The first-order valence-corrected chi connectivity index (χ1v) is 10.0. The molecule has 31 heavy (non-hydrogen) atoms. The van der Waals surface area contributed by atoms with Gasteiger partial charge < -0.3 is 5.32 Å². The zero-order valence-corrected chi connectivity index (χ0v) is 16.7. The molecule has 3 aromatic carbocycles. The van der Waals surface area contributed by atoms with E-state index in [1.807, 2.05) is 72.8 Å². The van der Waals surface area contributed by atoms with Crippen molar-refractivity contribution in [1.82, 2.24) is 15.0 Å². The van der Waals surface area contributed by atoms with Crippen LogP contribution in [0.2, 0.25) is 0 Å². The summed E-state index contributed by atoms with van der Waals surface area (Å²) in [4.78, 5) is 14.5. The molecule has 0 aliphatic heterocycles. The molecule has 0 unspecified atom stereocenters. The highest BCUT2D eigenvalue weighted by Crippen LogP contribution is 2.30. The van der Waals surface area contributed by atoms with Gasteiger partial charge in [-0.15, -0.1) is 0 Å². The summed E-state index contributed by atoms with van der Waals surface area (Å²) in [5, 5.41) is 3.28. The lowest BCUT2D eigenvalue weighted by Crippen LogP contribution is -2.03. The average Bonchev–Trinajstić information content (AvgIpc) is 2.84. The van der Waals surface area contributed by atoms with E-state index in [0.29, 0.717) is 18.0 Å². The number of benzene rings is 3. The van der Waals surface area contributed by atoms with Crippen molar-refractivity contribution in [2.24, 2.45) is 0 Å². The molecule has 0 atom stereocenters. The Morgan fingerprint density at radius 3 is 1.87 bits per heavy atom. The first kappa shape index (κ1) is 18.9. The molecule has 0 fully saturated rings. The number of hydrogen-bond acceptors (Lipinski definition) is 4. The zero-order chi connectivity index (χ0) is 21.0. The Hall–Kier alpha value is -4.12. The molecule has 5 heteroatoms. The van der Waals surface area contributed by atoms with Crippen molar-refractivity contribution in [2.45, 2.75) is 6.54 Å². The number of pyridine rings is 1. The fraction of sp³-hybridized carbons (Fsp3) is 0.0385. The van der Waals surface area contributed by atoms with E-state index in [-0.39, 0.29) is 5.82 Å². The zero-order valence-electron chi connectivity index (χ0n) is 16.7. The molecule has 0 aliphatic rings. The van der Waals surface area contributed by atoms with E-state index in [4.69, 9.17) is 9.97 Å². The van der Waals surface area contributed by atoms with Gasteiger partial charge in [-0.2, -0.15) is 0 Å². The van der Waals surface area contributed by atoms with Gasteiger partial charge in [0.05, 0.1) is 11.4 Å². The number of aromatic nitrogens is 3. The van der Waals surface area contributed by atoms with Crippen LogP contribution in [0.15, 0.2) is 97.1 Å². The van der Waals surface area contributed by atoms with Gasteiger partial charge in [0.2, 0.25) is 0 Å². The molecule has 0 bridgehead atoms. The molecule has 4 nitrogen and oxygen atoms in total. The Labute approximate surface area is 179 Å². The van der Waals surface area contributed by atoms with Crippen molar-refractivity contribution in [3.8, 4) is 22.5 Å². The summed E-state index contributed by atoms with van der Waals surface area (Å²) in [5.74, 6) is 0.447. The molecule has 1 N–H and O–H groups in total. The largest absolute Gasteiger partial charge is 0.366 e. The Morgan fingerprint density at radius 2 is 1.23 bits per heavy atom. The van der Waals surface area contributed by atoms with Crippen molar-refractivity contribution < 1.29 is 4.39 Å². The van der Waals surface area contributed by atoms with Crippen molar-refractivity contribution >= 4 is 17.0 Å². The lowest BCUT2D eigenvalue weighted by atomic mass is 10.0. The first-order valence-electron chi connectivity index (χ1n) is 10.0. The average molecular weight is 406 g/mol. The summed E-state index contributed by atoms with van der Waals surface area (Å²) in [6.07, 6.45) is 0. The molecule has 0 saturated carbocycles. The van der Waals surface area contributed by atoms with Crippen LogP contribution in [0.1, 0.15) is 5.56 Å². The summed E-state index contributed by atoms with van der Waals surface area (Å²) in [6, 6.07) is 30.3. The molecule has 0 aliphatic carbocycles. The van der Waals surface area contributed by atoms with Crippen molar-refractivity contribution in [1.29, 1.82) is 0 Å². The second-order valence-electron chi connectivity index (χ2n) is 7.17. The summed E-state index contributed by atoms with van der Waals surface area (Å²) in [5.41, 5.74) is 5.89. The number of hydrogen-bond donors (Lipinski definition) is 1. The lowest BCUT2D eigenvalue weighted by Gasteiger charge is -2.11. The van der Waals surface area contributed by atoms with Gasteiger partial charge in [-0.05, 0) is 29.8 Å². The topological polar surface area (TPSA) is 50.7 Å². The molecule has 0 spiro atoms. The molecular weight excluding hydrogens is 387 g/mol. The third-order valence-corrected chi connectivity index (χ3v) is 5.01. The Balaban J connectivity index is 1.54. The third kappa shape index (κ3) is 4.12. The highest BCUT2D eigenvalue weighted by atomic mass is 19.1. The van der Waals surface area contributed by atoms with Gasteiger partial charge >= 0.3 is 0 Å². The van der Waals surface area contributed by atoms with Gasteiger partial charge in [-0.1, -0.05) is 72.8 Å². The van der Waals surface area contributed by atoms with Gasteiger partial charge in [0.1, 0.15) is 17.2 Å². The number of nitrogens with one attached hydrogen (secondary N) is 1. The van der Waals surface area contributed by atoms with Crippen molar-refractivity contribution in [3.63, 3.8) is 0 Å². The Morgan fingerprint density at radius 1 is 0.613 bits per heavy atom. The fourth-order valence-corrected chi connectivity index (χ4v) is 3.43. The van der Waals surface area contributed by atoms with E-state index in [1.54, 1.807) is 12.1 Å². The van der Waals surface area contributed by atoms with Crippen LogP contribution in [0.25, 0.3) is 33.7 Å². The molecule has 0 amide bonds. The SMILES string of the molecule is Fc1ccc(CNc2ccc3nc(-c4ccccc4)c(-c4ccccc4)nc3n2)cc1. The predicted octanol–water partition coefficient (Wildman–Crippen LogP) is 6.11. The van der Waals surface area contributed by atoms with Crippen LogP contribution < -0.4 is 5.32 Å². The fourth-order valence-electron chi connectivity index (χ4n) is 3.43. The van der Waals surface area contributed by atoms with E-state index >= 15 is 0 Å². The van der Waals surface area contributed by atoms with Gasteiger partial charge in [0.25, 0.3) is 0 Å². The standard InChI is InChI=1S/C26H19FN4/c27-21-13-11-18(12-14-21)17-28-23-16-15-22-26(30-23)31-25(20-9-5-2-6-10-20)24(29-22)19-7-3-1-4-8-19/h1-16H,17H2,(H,28,30,31). The Kier molecular flexibility index (Phi) is 5.07. The number of rotatable bonds is 5. The predicted molar refractivity (Wildman–Crippen MR) is 122 cm³/mol. The number of anilines is 1. The summed E-state index contributed by atoms with van der Waals surface area (Å²) < 4.78 is 13.1. The maximum atomic E-state index is 13.1. The summed E-state index contributed by atoms with van der Waals surface area (Å²) >= 11 is 0. The molecule has 5 aromatic rings. The highest BCUT2D eigenvalue weighted by molar-refractivity contribution is 5.85. The monoisotopic (exact) mass is 406 g/mol. The summed E-state index contributed by atoms with van der Waals surface area (Å²) in [7, 11) is 0. The molecule has 2 aromatic heterocycles. The lowest BCUT2D eigenvalue weighted by molar-refractivity contribution is 0.627. The van der Waals surface area contributed by atoms with Crippen molar-refractivity contribution in [3.05, 3.63) is 108 Å². The normalized spacial score (nSPS) is 10.9. The number of nitrogens with zero attached hydrogens (tertiary/aromatic N) is 3. The molecule has 5 rings (SSSR count). The quantitative estimate of drug-likeness (QED) is 0.383. The van der Waals surface area contributed by atoms with Crippen LogP contribution in [0.5, 0.6) is 0 Å². The van der Waals surface area contributed by atoms with Gasteiger partial charge in [-0.25, -0.2) is 19.3 Å². The van der Waals surface area contributed by atoms with E-state index in [9.17, 15) is 4.39 Å². The minimum atomic E-state index is -0.245. The minimum Gasteiger partial charge on any atom is -0.366 e. The third-order valence-electron chi connectivity index (χ3n) is 5.01. The smallest absolute Gasteiger partial charge is 0.180 e. The molecule has 150 valence electrons. The van der Waals surface area contributed by atoms with Crippen LogP contribution >= 0.6 is 0 Å². The van der Waals surface area contributed by atoms with E-state index < -0.39 is 0 Å². The molecule has 0 saturated heterocycles. The van der Waals surface area contributed by atoms with Crippen LogP contribution in [0, 0.1) is 5.82 Å². The van der Waals surface area contributed by atoms with Gasteiger partial charge in [0, 0.05) is 17.7 Å². The van der Waals surface area contributed by atoms with Crippen LogP contribution in [0.4, 0.5) is 10.2 Å². The highest BCUT2D eigenvalue weighted by Gasteiger charge is 2.14. The van der Waals surface area contributed by atoms with Gasteiger partial charge in [0.15, 0.2) is 5.65 Å². The second kappa shape index (κ2) is 8.32. The van der Waals surface area contributed by atoms with Gasteiger partial charge in [-0.3, -0.25) is 0 Å². The first-order chi connectivity index (χ1) is 15.3. The van der Waals surface area contributed by atoms with E-state index in [1.165, 1.54) is 12.1 Å². The maximum Gasteiger partial charge on any atom is 0.180 e. The number of halogens is 1. The molecule has 0 radical (unpaired) electrons. The maximum absolute atomic E-state index is 13.1. The van der Waals surface area contributed by atoms with Crippen LogP contribution in [0.3, 0.4) is 0 Å². The second-order valence-corrected chi connectivity index (χ2v) is 7.17. The van der Waals surface area contributed by atoms with Crippen LogP contribution in [-0.2, 0) is 6.54 Å². The van der Waals surface area contributed by atoms with Crippen molar-refractivity contribution in [2.75, 3.05) is 5.32 Å². The Bertz CT molecular complexity index is 1320.